The van der Waals surface area contributed by atoms with Crippen LogP contribution in [0.15, 0.2) is 23.1 Å². The van der Waals surface area contributed by atoms with Gasteiger partial charge >= 0.3 is 5.97 Å². The largest absolute Gasteiger partial charge is 0.465 e. The van der Waals surface area contributed by atoms with Gasteiger partial charge in [-0.15, -0.1) is 12.4 Å². The van der Waals surface area contributed by atoms with Crippen molar-refractivity contribution in [2.24, 2.45) is 0 Å². The molecule has 1 aromatic carbocycles. The van der Waals surface area contributed by atoms with Gasteiger partial charge in [-0.25, -0.2) is 13.2 Å². The normalized spacial score (nSPS) is 19.3. The predicted molar refractivity (Wildman–Crippen MR) is 86.3 cm³/mol. The van der Waals surface area contributed by atoms with Gasteiger partial charge in [0.15, 0.2) is 0 Å². The third kappa shape index (κ3) is 3.72. The molecule has 1 aliphatic rings. The summed E-state index contributed by atoms with van der Waals surface area (Å²) in [6, 6.07) is 3.92. The van der Waals surface area contributed by atoms with Crippen molar-refractivity contribution >= 4 is 40.0 Å². The van der Waals surface area contributed by atoms with Crippen molar-refractivity contribution in [3.05, 3.63) is 28.8 Å². The van der Waals surface area contributed by atoms with E-state index in [0.29, 0.717) is 19.6 Å². The highest BCUT2D eigenvalue weighted by Crippen LogP contribution is 2.26. The maximum Gasteiger partial charge on any atom is 0.339 e. The number of rotatable bonds is 3. The van der Waals surface area contributed by atoms with Crippen molar-refractivity contribution in [3.63, 3.8) is 0 Å². The van der Waals surface area contributed by atoms with Crippen LogP contribution in [0.3, 0.4) is 0 Å². The highest BCUT2D eigenvalue weighted by molar-refractivity contribution is 7.89. The van der Waals surface area contributed by atoms with Crippen molar-refractivity contribution in [1.82, 2.24) is 9.62 Å². The second kappa shape index (κ2) is 7.61. The number of benzene rings is 1. The summed E-state index contributed by atoms with van der Waals surface area (Å²) in [6.07, 6.45) is 0. The highest BCUT2D eigenvalue weighted by Gasteiger charge is 2.34. The first kappa shape index (κ1) is 19.2. The lowest BCUT2D eigenvalue weighted by Gasteiger charge is -2.33. The van der Waals surface area contributed by atoms with Crippen molar-refractivity contribution in [1.29, 1.82) is 0 Å². The maximum absolute atomic E-state index is 12.8. The van der Waals surface area contributed by atoms with Crippen LogP contribution in [0.2, 0.25) is 5.02 Å². The summed E-state index contributed by atoms with van der Waals surface area (Å²) in [7, 11) is -2.60. The molecule has 1 N–H and O–H groups in total. The van der Waals surface area contributed by atoms with E-state index >= 15 is 0 Å². The zero-order chi connectivity index (χ0) is 15.6. The summed E-state index contributed by atoms with van der Waals surface area (Å²) in [5.41, 5.74) is -0.00682. The van der Waals surface area contributed by atoms with Gasteiger partial charge in [-0.1, -0.05) is 11.6 Å². The summed E-state index contributed by atoms with van der Waals surface area (Å²) >= 11 is 5.90. The van der Waals surface area contributed by atoms with Gasteiger partial charge in [0.2, 0.25) is 10.0 Å². The van der Waals surface area contributed by atoms with E-state index in [2.05, 4.69) is 10.1 Å². The zero-order valence-corrected chi connectivity index (χ0v) is 14.6. The number of esters is 1. The fourth-order valence-corrected chi connectivity index (χ4v) is 4.37. The number of carbonyl (C=O) groups excluding carboxylic acids is 1. The number of ether oxygens (including phenoxy) is 1. The Morgan fingerprint density at radius 3 is 2.73 bits per heavy atom. The number of carbonyl (C=O) groups is 1. The molecule has 1 aliphatic heterocycles. The number of hydrogen-bond donors (Lipinski definition) is 1. The molecule has 22 heavy (non-hydrogen) atoms. The molecular weight excluding hydrogens is 351 g/mol. The molecule has 1 heterocycles. The minimum Gasteiger partial charge on any atom is -0.465 e. The van der Waals surface area contributed by atoms with Crippen LogP contribution in [0.25, 0.3) is 0 Å². The molecule has 0 bridgehead atoms. The Hall–Kier alpha value is -0.860. The number of methoxy groups -OCH3 is 1. The lowest BCUT2D eigenvalue weighted by molar-refractivity contribution is 0.0596. The summed E-state index contributed by atoms with van der Waals surface area (Å²) in [5, 5.41) is 3.38. The summed E-state index contributed by atoms with van der Waals surface area (Å²) < 4.78 is 31.7. The van der Waals surface area contributed by atoms with Crippen molar-refractivity contribution in [2.45, 2.75) is 17.9 Å². The summed E-state index contributed by atoms with van der Waals surface area (Å²) in [4.78, 5) is 11.7. The minimum atomic E-state index is -3.81. The van der Waals surface area contributed by atoms with Crippen molar-refractivity contribution in [3.8, 4) is 0 Å². The van der Waals surface area contributed by atoms with E-state index in [-0.39, 0.29) is 33.9 Å². The molecule has 124 valence electrons. The second-order valence-corrected chi connectivity index (χ2v) is 7.10. The second-order valence-electron chi connectivity index (χ2n) is 4.80. The average molecular weight is 369 g/mol. The fourth-order valence-electron chi connectivity index (χ4n) is 2.29. The van der Waals surface area contributed by atoms with Gasteiger partial charge in [0.05, 0.1) is 17.6 Å². The van der Waals surface area contributed by atoms with Crippen LogP contribution in [0.4, 0.5) is 0 Å². The molecule has 6 nitrogen and oxygen atoms in total. The Morgan fingerprint density at radius 1 is 1.45 bits per heavy atom. The number of nitrogens with one attached hydrogen (secondary N) is 1. The Morgan fingerprint density at radius 2 is 2.14 bits per heavy atom. The van der Waals surface area contributed by atoms with Crippen LogP contribution in [0.1, 0.15) is 17.3 Å². The van der Waals surface area contributed by atoms with Gasteiger partial charge in [-0.2, -0.15) is 4.31 Å². The van der Waals surface area contributed by atoms with E-state index in [9.17, 15) is 13.2 Å². The van der Waals surface area contributed by atoms with E-state index in [1.165, 1.54) is 29.6 Å². The minimum absolute atomic E-state index is 0. The lowest BCUT2D eigenvalue weighted by Crippen LogP contribution is -2.52. The molecule has 9 heteroatoms. The van der Waals surface area contributed by atoms with Crippen molar-refractivity contribution in [2.75, 3.05) is 26.7 Å². The van der Waals surface area contributed by atoms with Gasteiger partial charge in [-0.05, 0) is 25.1 Å². The van der Waals surface area contributed by atoms with Gasteiger partial charge in [-0.3, -0.25) is 0 Å². The maximum atomic E-state index is 12.8. The van der Waals surface area contributed by atoms with E-state index < -0.39 is 16.0 Å². The van der Waals surface area contributed by atoms with Gasteiger partial charge in [0.25, 0.3) is 0 Å². The molecule has 1 aromatic rings. The number of piperazine rings is 1. The SMILES string of the molecule is COC(=O)c1ccc(Cl)cc1S(=O)(=O)N1CCNCC1C.Cl. The third-order valence-corrected chi connectivity index (χ3v) is 5.66. The Balaban J connectivity index is 0.00000242. The zero-order valence-electron chi connectivity index (χ0n) is 12.2. The molecular formula is C13H18Cl2N2O4S. The Kier molecular flexibility index (Phi) is 6.64. The van der Waals surface area contributed by atoms with Crippen LogP contribution < -0.4 is 5.32 Å². The number of halogens is 2. The van der Waals surface area contributed by atoms with Crippen LogP contribution >= 0.6 is 24.0 Å². The standard InChI is InChI=1S/C13H17ClN2O4S.ClH/c1-9-8-15-5-6-16(9)21(18,19)12-7-10(14)3-4-11(12)13(17)20-2;/h3-4,7,9,15H,5-6,8H2,1-2H3;1H. The molecule has 0 saturated carbocycles. The lowest BCUT2D eigenvalue weighted by atomic mass is 10.2. The van der Waals surface area contributed by atoms with E-state index in [4.69, 9.17) is 11.6 Å². The molecule has 1 atom stereocenters. The fraction of sp³-hybridized carbons (Fsp3) is 0.462. The first-order valence-corrected chi connectivity index (χ1v) is 8.30. The monoisotopic (exact) mass is 368 g/mol. The van der Waals surface area contributed by atoms with Crippen LogP contribution in [0, 0.1) is 0 Å². The molecule has 0 spiro atoms. The van der Waals surface area contributed by atoms with Gasteiger partial charge in [0.1, 0.15) is 0 Å². The van der Waals surface area contributed by atoms with Crippen LogP contribution in [-0.2, 0) is 14.8 Å². The van der Waals surface area contributed by atoms with Crippen LogP contribution in [-0.4, -0.2) is 51.5 Å². The number of nitrogens with zero attached hydrogens (tertiary/aromatic N) is 1. The van der Waals surface area contributed by atoms with E-state index in [0.717, 1.165) is 0 Å². The molecule has 0 radical (unpaired) electrons. The van der Waals surface area contributed by atoms with Gasteiger partial charge < -0.3 is 10.1 Å². The Bertz CT molecular complexity index is 651. The molecule has 0 aliphatic carbocycles. The summed E-state index contributed by atoms with van der Waals surface area (Å²) in [6.45, 7) is 3.29. The first-order chi connectivity index (χ1) is 9.87. The molecule has 1 unspecified atom stereocenters. The number of sulfonamides is 1. The van der Waals surface area contributed by atoms with Crippen LogP contribution in [0.5, 0.6) is 0 Å². The topological polar surface area (TPSA) is 75.7 Å². The molecule has 2 rings (SSSR count). The smallest absolute Gasteiger partial charge is 0.339 e. The molecule has 1 fully saturated rings. The van der Waals surface area contributed by atoms with E-state index in [1.807, 2.05) is 6.92 Å². The van der Waals surface area contributed by atoms with Gasteiger partial charge in [0, 0.05) is 30.7 Å². The molecule has 1 saturated heterocycles. The first-order valence-electron chi connectivity index (χ1n) is 6.48. The third-order valence-electron chi connectivity index (χ3n) is 3.38. The van der Waals surface area contributed by atoms with E-state index in [1.54, 1.807) is 0 Å². The number of hydrogen-bond acceptors (Lipinski definition) is 5. The van der Waals surface area contributed by atoms with Crippen molar-refractivity contribution < 1.29 is 17.9 Å². The molecule has 0 aromatic heterocycles. The Labute approximate surface area is 141 Å². The quantitative estimate of drug-likeness (QED) is 0.818. The highest BCUT2D eigenvalue weighted by atomic mass is 35.5. The average Bonchev–Trinajstić information content (AvgIpc) is 2.46. The predicted octanol–water partition coefficient (Wildman–Crippen LogP) is 1.53. The molecule has 0 amide bonds. The summed E-state index contributed by atoms with van der Waals surface area (Å²) in [5.74, 6) is -0.701.